The fourth-order valence-electron chi connectivity index (χ4n) is 5.96. The predicted molar refractivity (Wildman–Crippen MR) is 200 cm³/mol. The van der Waals surface area contributed by atoms with Crippen LogP contribution in [0.4, 0.5) is 0 Å². The molecule has 0 fully saturated rings. The van der Waals surface area contributed by atoms with Crippen LogP contribution in [-0.2, 0) is 18.9 Å². The van der Waals surface area contributed by atoms with Crippen molar-refractivity contribution in [1.29, 1.82) is 0 Å². The lowest BCUT2D eigenvalue weighted by molar-refractivity contribution is -0.199. The van der Waals surface area contributed by atoms with Gasteiger partial charge in [0.05, 0.1) is 12.7 Å². The summed E-state index contributed by atoms with van der Waals surface area (Å²) in [4.78, 5) is 1.92. The third kappa shape index (κ3) is 31.6. The molecule has 8 nitrogen and oxygen atoms in total. The molecule has 0 heterocycles. The molecular formula is C40H83NO7. The number of unbranched alkanes of at least 4 members (excludes halogenated alkanes) is 18. The Kier molecular flexibility index (Phi) is 37.7. The van der Waals surface area contributed by atoms with Crippen molar-refractivity contribution < 1.29 is 34.3 Å². The first-order valence-electron chi connectivity index (χ1n) is 20.7. The van der Waals surface area contributed by atoms with Crippen LogP contribution in [0.1, 0.15) is 182 Å². The van der Waals surface area contributed by atoms with E-state index in [2.05, 4.69) is 27.7 Å². The number of hydrogen-bond donors (Lipinski definition) is 3. The van der Waals surface area contributed by atoms with E-state index in [0.717, 1.165) is 38.5 Å². The summed E-state index contributed by atoms with van der Waals surface area (Å²) in [7, 11) is 0. The first-order chi connectivity index (χ1) is 23.5. The van der Waals surface area contributed by atoms with E-state index in [1.54, 1.807) is 0 Å². The minimum absolute atomic E-state index is 0.0496. The van der Waals surface area contributed by atoms with Crippen LogP contribution in [0.5, 0.6) is 0 Å². The highest BCUT2D eigenvalue weighted by Crippen LogP contribution is 2.15. The zero-order valence-electron chi connectivity index (χ0n) is 32.4. The molecule has 0 saturated heterocycles. The molecule has 0 rings (SSSR count). The maximum Gasteiger partial charge on any atom is 0.184 e. The SMILES string of the molecule is CCCCCCCCOC(CCC(O)CN(CCO)C[C@@H](O)C(OCCCCCCC)OCCCCCCC)OCCCCCCCC. The van der Waals surface area contributed by atoms with Crippen LogP contribution in [0.3, 0.4) is 0 Å². The quantitative estimate of drug-likeness (QED) is 0.0433. The Morgan fingerprint density at radius 1 is 0.458 bits per heavy atom. The van der Waals surface area contributed by atoms with Gasteiger partial charge in [0, 0.05) is 52.5 Å². The van der Waals surface area contributed by atoms with E-state index in [4.69, 9.17) is 18.9 Å². The summed E-state index contributed by atoms with van der Waals surface area (Å²) in [5.41, 5.74) is 0. The molecule has 0 aromatic rings. The fraction of sp³-hybridized carbons (Fsp3) is 1.00. The van der Waals surface area contributed by atoms with Crippen LogP contribution in [0.25, 0.3) is 0 Å². The molecule has 290 valence electrons. The summed E-state index contributed by atoms with van der Waals surface area (Å²) in [5, 5.41) is 32.0. The molecule has 0 bridgehead atoms. The molecule has 8 heteroatoms. The van der Waals surface area contributed by atoms with Gasteiger partial charge >= 0.3 is 0 Å². The summed E-state index contributed by atoms with van der Waals surface area (Å²) in [6.45, 7) is 12.3. The minimum atomic E-state index is -0.871. The van der Waals surface area contributed by atoms with Crippen molar-refractivity contribution in [2.24, 2.45) is 0 Å². The van der Waals surface area contributed by atoms with Crippen molar-refractivity contribution in [3.63, 3.8) is 0 Å². The van der Waals surface area contributed by atoms with E-state index in [9.17, 15) is 15.3 Å². The van der Waals surface area contributed by atoms with Crippen LogP contribution < -0.4 is 0 Å². The van der Waals surface area contributed by atoms with Crippen molar-refractivity contribution in [3.8, 4) is 0 Å². The molecule has 0 aliphatic rings. The van der Waals surface area contributed by atoms with Gasteiger partial charge in [0.2, 0.25) is 0 Å². The normalized spacial score (nSPS) is 13.4. The van der Waals surface area contributed by atoms with E-state index >= 15 is 0 Å². The van der Waals surface area contributed by atoms with Gasteiger partial charge in [-0.3, -0.25) is 4.90 Å². The lowest BCUT2D eigenvalue weighted by Gasteiger charge is -2.30. The Balaban J connectivity index is 4.93. The first-order valence-corrected chi connectivity index (χ1v) is 20.7. The standard InChI is InChI=1S/C40H83NO7/c1-5-9-13-17-21-23-31-45-39(46-32-24-22-18-14-10-6-2)28-27-37(43)35-41(29-30-42)36-38(44)40(47-33-25-19-15-11-7-3)48-34-26-20-16-12-8-4/h37-40,42-44H,5-36H2,1-4H3/t37?,38-/m1/s1. The van der Waals surface area contributed by atoms with Gasteiger partial charge in [-0.15, -0.1) is 0 Å². The van der Waals surface area contributed by atoms with Gasteiger partial charge in [-0.25, -0.2) is 0 Å². The van der Waals surface area contributed by atoms with Gasteiger partial charge in [0.25, 0.3) is 0 Å². The molecule has 0 aromatic heterocycles. The van der Waals surface area contributed by atoms with E-state index in [1.165, 1.54) is 103 Å². The van der Waals surface area contributed by atoms with Crippen LogP contribution in [0.2, 0.25) is 0 Å². The Bertz CT molecular complexity index is 580. The molecule has 0 saturated carbocycles. The van der Waals surface area contributed by atoms with Gasteiger partial charge in [-0.05, 0) is 32.1 Å². The number of rotatable bonds is 40. The van der Waals surface area contributed by atoms with Crippen molar-refractivity contribution in [2.75, 3.05) is 52.7 Å². The lowest BCUT2D eigenvalue weighted by Crippen LogP contribution is -2.45. The molecule has 0 aliphatic heterocycles. The lowest BCUT2D eigenvalue weighted by atomic mass is 10.1. The van der Waals surface area contributed by atoms with Crippen LogP contribution >= 0.6 is 0 Å². The van der Waals surface area contributed by atoms with Crippen LogP contribution in [-0.4, -0.2) is 97.7 Å². The average Bonchev–Trinajstić information content (AvgIpc) is 3.08. The molecule has 3 N–H and O–H groups in total. The molecule has 0 radical (unpaired) electrons. The van der Waals surface area contributed by atoms with Gasteiger partial charge in [-0.2, -0.15) is 0 Å². The monoisotopic (exact) mass is 690 g/mol. The van der Waals surface area contributed by atoms with Gasteiger partial charge in [-0.1, -0.05) is 143 Å². The van der Waals surface area contributed by atoms with E-state index in [0.29, 0.717) is 52.4 Å². The summed E-state index contributed by atoms with van der Waals surface area (Å²) >= 11 is 0. The number of nitrogens with zero attached hydrogens (tertiary/aromatic N) is 1. The molecular weight excluding hydrogens is 606 g/mol. The predicted octanol–water partition coefficient (Wildman–Crippen LogP) is 9.16. The zero-order valence-corrected chi connectivity index (χ0v) is 32.4. The molecule has 0 amide bonds. The summed E-state index contributed by atoms with van der Waals surface area (Å²) in [6, 6.07) is 0. The second kappa shape index (κ2) is 37.9. The zero-order chi connectivity index (χ0) is 35.3. The highest BCUT2D eigenvalue weighted by Gasteiger charge is 2.25. The maximum atomic E-state index is 11.2. The maximum absolute atomic E-state index is 11.2. The summed E-state index contributed by atoms with van der Waals surface area (Å²) in [6.07, 6.45) is 24.6. The topological polar surface area (TPSA) is 101 Å². The Morgan fingerprint density at radius 2 is 0.833 bits per heavy atom. The van der Waals surface area contributed by atoms with E-state index in [-0.39, 0.29) is 19.4 Å². The third-order valence-electron chi connectivity index (χ3n) is 9.04. The van der Waals surface area contributed by atoms with Crippen molar-refractivity contribution >= 4 is 0 Å². The van der Waals surface area contributed by atoms with Crippen molar-refractivity contribution in [1.82, 2.24) is 4.90 Å². The minimum Gasteiger partial charge on any atom is -0.395 e. The number of ether oxygens (including phenoxy) is 4. The Hall–Kier alpha value is -0.320. The first kappa shape index (κ1) is 47.7. The molecule has 0 aliphatic carbocycles. The van der Waals surface area contributed by atoms with Crippen LogP contribution in [0, 0.1) is 0 Å². The summed E-state index contributed by atoms with van der Waals surface area (Å²) < 4.78 is 24.5. The van der Waals surface area contributed by atoms with Crippen molar-refractivity contribution in [2.45, 2.75) is 207 Å². The smallest absolute Gasteiger partial charge is 0.184 e. The highest BCUT2D eigenvalue weighted by atomic mass is 16.7. The molecule has 48 heavy (non-hydrogen) atoms. The molecule has 1 unspecified atom stereocenters. The van der Waals surface area contributed by atoms with Gasteiger partial charge < -0.3 is 34.3 Å². The average molecular weight is 690 g/mol. The largest absolute Gasteiger partial charge is 0.395 e. The Morgan fingerprint density at radius 3 is 1.23 bits per heavy atom. The fourth-order valence-corrected chi connectivity index (χ4v) is 5.96. The second-order valence-corrected chi connectivity index (χ2v) is 13.9. The highest BCUT2D eigenvalue weighted by molar-refractivity contribution is 4.72. The van der Waals surface area contributed by atoms with E-state index < -0.39 is 18.5 Å². The summed E-state index contributed by atoms with van der Waals surface area (Å²) in [5.74, 6) is 0. The second-order valence-electron chi connectivity index (χ2n) is 13.9. The number of hydrogen-bond acceptors (Lipinski definition) is 8. The molecule has 0 spiro atoms. The van der Waals surface area contributed by atoms with Crippen LogP contribution in [0.15, 0.2) is 0 Å². The molecule has 2 atom stereocenters. The van der Waals surface area contributed by atoms with Crippen molar-refractivity contribution in [3.05, 3.63) is 0 Å². The van der Waals surface area contributed by atoms with Gasteiger partial charge in [0.1, 0.15) is 6.10 Å². The Labute approximate surface area is 298 Å². The number of aliphatic hydroxyl groups excluding tert-OH is 3. The third-order valence-corrected chi connectivity index (χ3v) is 9.04. The number of aliphatic hydroxyl groups is 3. The van der Waals surface area contributed by atoms with E-state index in [1.807, 2.05) is 4.90 Å². The molecule has 0 aromatic carbocycles. The van der Waals surface area contributed by atoms with Gasteiger partial charge in [0.15, 0.2) is 12.6 Å².